The van der Waals surface area contributed by atoms with Crippen molar-refractivity contribution in [1.29, 1.82) is 0 Å². The molecular weight excluding hydrogens is 246 g/mol. The first-order valence-corrected chi connectivity index (χ1v) is 7.40. The van der Waals surface area contributed by atoms with Crippen LogP contribution in [0, 0.1) is 20.8 Å². The van der Waals surface area contributed by atoms with Crippen LogP contribution in [0.1, 0.15) is 48.7 Å². The summed E-state index contributed by atoms with van der Waals surface area (Å²) in [5.41, 5.74) is 6.21. The maximum absolute atomic E-state index is 4.58. The molecule has 1 N–H and O–H groups in total. The van der Waals surface area contributed by atoms with Crippen LogP contribution in [0.15, 0.2) is 24.4 Å². The van der Waals surface area contributed by atoms with Gasteiger partial charge in [-0.3, -0.25) is 0 Å². The fourth-order valence-corrected chi connectivity index (χ4v) is 2.60. The van der Waals surface area contributed by atoms with Crippen LogP contribution in [0.5, 0.6) is 0 Å². The Morgan fingerprint density at radius 2 is 2.00 bits per heavy atom. The Labute approximate surface area is 122 Å². The van der Waals surface area contributed by atoms with E-state index in [2.05, 4.69) is 63.2 Å². The van der Waals surface area contributed by atoms with Gasteiger partial charge in [0.05, 0.1) is 11.9 Å². The summed E-state index contributed by atoms with van der Waals surface area (Å²) in [5.74, 6) is 0. The predicted octanol–water partition coefficient (Wildman–Crippen LogP) is 3.86. The fourth-order valence-electron chi connectivity index (χ4n) is 2.60. The van der Waals surface area contributed by atoms with Crippen LogP contribution in [-0.2, 0) is 0 Å². The largest absolute Gasteiger partial charge is 0.310 e. The van der Waals surface area contributed by atoms with E-state index >= 15 is 0 Å². The van der Waals surface area contributed by atoms with Gasteiger partial charge in [-0.25, -0.2) is 4.68 Å². The summed E-state index contributed by atoms with van der Waals surface area (Å²) < 4.78 is 2.05. The summed E-state index contributed by atoms with van der Waals surface area (Å²) >= 11 is 0. The van der Waals surface area contributed by atoms with Gasteiger partial charge >= 0.3 is 0 Å². The van der Waals surface area contributed by atoms with E-state index in [1.165, 1.54) is 28.1 Å². The number of aromatic nitrogens is 2. The third kappa shape index (κ3) is 2.93. The van der Waals surface area contributed by atoms with Crippen molar-refractivity contribution in [2.24, 2.45) is 0 Å². The zero-order valence-corrected chi connectivity index (χ0v) is 13.2. The van der Waals surface area contributed by atoms with Gasteiger partial charge in [-0.2, -0.15) is 5.10 Å². The zero-order valence-electron chi connectivity index (χ0n) is 13.2. The number of aryl methyl sites for hydroxylation is 2. The van der Waals surface area contributed by atoms with Crippen LogP contribution in [0.4, 0.5) is 0 Å². The first kappa shape index (κ1) is 14.8. The molecule has 0 aliphatic rings. The molecule has 0 saturated carbocycles. The maximum atomic E-state index is 4.58. The molecule has 108 valence electrons. The predicted molar refractivity (Wildman–Crippen MR) is 84.5 cm³/mol. The fraction of sp³-hybridized carbons (Fsp3) is 0.471. The summed E-state index contributed by atoms with van der Waals surface area (Å²) in [5, 5.41) is 8.11. The van der Waals surface area contributed by atoms with Crippen LogP contribution in [0.3, 0.4) is 0 Å². The molecule has 2 rings (SSSR count). The molecule has 0 aliphatic heterocycles. The second kappa shape index (κ2) is 6.23. The number of benzene rings is 1. The highest BCUT2D eigenvalue weighted by atomic mass is 15.3. The lowest BCUT2D eigenvalue weighted by Crippen LogP contribution is -2.19. The van der Waals surface area contributed by atoms with Crippen LogP contribution in [0.2, 0.25) is 0 Å². The van der Waals surface area contributed by atoms with Crippen LogP contribution >= 0.6 is 0 Å². The molecule has 0 aliphatic carbocycles. The molecule has 1 atom stereocenters. The molecule has 0 bridgehead atoms. The van der Waals surface area contributed by atoms with Gasteiger partial charge in [0.15, 0.2) is 0 Å². The average Bonchev–Trinajstić information content (AvgIpc) is 2.78. The van der Waals surface area contributed by atoms with E-state index in [-0.39, 0.29) is 0 Å². The summed E-state index contributed by atoms with van der Waals surface area (Å²) in [6, 6.07) is 6.84. The summed E-state index contributed by atoms with van der Waals surface area (Å²) in [6.45, 7) is 11.8. The van der Waals surface area contributed by atoms with Crippen molar-refractivity contribution >= 4 is 0 Å². The molecule has 1 heterocycles. The van der Waals surface area contributed by atoms with Gasteiger partial charge in [0.1, 0.15) is 0 Å². The first-order valence-electron chi connectivity index (χ1n) is 7.40. The molecule has 3 heteroatoms. The molecule has 0 fully saturated rings. The summed E-state index contributed by atoms with van der Waals surface area (Å²) in [4.78, 5) is 0. The van der Waals surface area contributed by atoms with Crippen molar-refractivity contribution in [2.75, 3.05) is 6.54 Å². The lowest BCUT2D eigenvalue weighted by Gasteiger charge is -2.14. The molecule has 1 aromatic heterocycles. The molecule has 0 saturated heterocycles. The first-order chi connectivity index (χ1) is 9.54. The molecule has 0 amide bonds. The van der Waals surface area contributed by atoms with Crippen molar-refractivity contribution < 1.29 is 0 Å². The highest BCUT2D eigenvalue weighted by Gasteiger charge is 2.14. The van der Waals surface area contributed by atoms with E-state index in [1.807, 2.05) is 10.9 Å². The van der Waals surface area contributed by atoms with E-state index in [0.717, 1.165) is 13.0 Å². The Morgan fingerprint density at radius 1 is 1.25 bits per heavy atom. The third-order valence-electron chi connectivity index (χ3n) is 3.80. The minimum Gasteiger partial charge on any atom is -0.310 e. The van der Waals surface area contributed by atoms with Gasteiger partial charge < -0.3 is 5.32 Å². The second-order valence-electron chi connectivity index (χ2n) is 5.56. The van der Waals surface area contributed by atoms with E-state index in [0.29, 0.717) is 6.04 Å². The maximum Gasteiger partial charge on any atom is 0.0678 e. The smallest absolute Gasteiger partial charge is 0.0678 e. The molecule has 1 unspecified atom stereocenters. The number of nitrogens with zero attached hydrogens (tertiary/aromatic N) is 2. The SMILES string of the molecule is CCCNC(C)c1cnn(-c2ccc(C)cc2C)c1C. The van der Waals surface area contributed by atoms with E-state index in [1.54, 1.807) is 0 Å². The van der Waals surface area contributed by atoms with Crippen LogP contribution < -0.4 is 5.32 Å². The number of hydrogen-bond donors (Lipinski definition) is 1. The van der Waals surface area contributed by atoms with Crippen LogP contribution in [-0.4, -0.2) is 16.3 Å². The van der Waals surface area contributed by atoms with E-state index in [4.69, 9.17) is 0 Å². The second-order valence-corrected chi connectivity index (χ2v) is 5.56. The highest BCUT2D eigenvalue weighted by molar-refractivity contribution is 5.44. The minimum atomic E-state index is 0.342. The Morgan fingerprint density at radius 3 is 2.65 bits per heavy atom. The third-order valence-corrected chi connectivity index (χ3v) is 3.80. The van der Waals surface area contributed by atoms with Gasteiger partial charge in [-0.15, -0.1) is 0 Å². The van der Waals surface area contributed by atoms with Gasteiger partial charge in [0, 0.05) is 17.3 Å². The lowest BCUT2D eigenvalue weighted by molar-refractivity contribution is 0.568. The monoisotopic (exact) mass is 271 g/mol. The Balaban J connectivity index is 2.33. The highest BCUT2D eigenvalue weighted by Crippen LogP contribution is 2.22. The lowest BCUT2D eigenvalue weighted by atomic mass is 10.1. The number of hydrogen-bond acceptors (Lipinski definition) is 2. The zero-order chi connectivity index (χ0) is 14.7. The Hall–Kier alpha value is -1.61. The summed E-state index contributed by atoms with van der Waals surface area (Å²) in [7, 11) is 0. The van der Waals surface area contributed by atoms with E-state index in [9.17, 15) is 0 Å². The van der Waals surface area contributed by atoms with Gasteiger partial charge in [0.25, 0.3) is 0 Å². The summed E-state index contributed by atoms with van der Waals surface area (Å²) in [6.07, 6.45) is 3.14. The van der Waals surface area contributed by atoms with E-state index < -0.39 is 0 Å². The van der Waals surface area contributed by atoms with Crippen molar-refractivity contribution in [3.8, 4) is 5.69 Å². The van der Waals surface area contributed by atoms with Crippen LogP contribution in [0.25, 0.3) is 5.69 Å². The molecule has 0 spiro atoms. The van der Waals surface area contributed by atoms with Gasteiger partial charge in [-0.05, 0) is 52.3 Å². The molecule has 20 heavy (non-hydrogen) atoms. The van der Waals surface area contributed by atoms with Crippen molar-refractivity contribution in [3.63, 3.8) is 0 Å². The van der Waals surface area contributed by atoms with Crippen molar-refractivity contribution in [3.05, 3.63) is 46.8 Å². The van der Waals surface area contributed by atoms with Crippen molar-refractivity contribution in [2.45, 2.75) is 47.1 Å². The minimum absolute atomic E-state index is 0.342. The quantitative estimate of drug-likeness (QED) is 0.895. The van der Waals surface area contributed by atoms with Crippen molar-refractivity contribution in [1.82, 2.24) is 15.1 Å². The normalized spacial score (nSPS) is 12.7. The number of nitrogens with one attached hydrogen (secondary N) is 1. The molecule has 3 nitrogen and oxygen atoms in total. The van der Waals surface area contributed by atoms with Gasteiger partial charge in [-0.1, -0.05) is 24.6 Å². The van der Waals surface area contributed by atoms with Gasteiger partial charge in [0.2, 0.25) is 0 Å². The molecule has 2 aromatic rings. The molecule has 1 aromatic carbocycles. The topological polar surface area (TPSA) is 29.9 Å². The Kier molecular flexibility index (Phi) is 4.61. The number of rotatable bonds is 5. The molecule has 0 radical (unpaired) electrons. The Bertz CT molecular complexity index is 584. The molecular formula is C17H25N3. The standard InChI is InChI=1S/C17H25N3/c1-6-9-18-14(4)16-11-19-20(15(16)5)17-8-7-12(2)10-13(17)3/h7-8,10-11,14,18H,6,9H2,1-5H3. The average molecular weight is 271 g/mol.